The van der Waals surface area contributed by atoms with E-state index in [0.29, 0.717) is 13.0 Å². The summed E-state index contributed by atoms with van der Waals surface area (Å²) in [7, 11) is 0. The van der Waals surface area contributed by atoms with Gasteiger partial charge in [-0.2, -0.15) is 0 Å². The van der Waals surface area contributed by atoms with E-state index in [-0.39, 0.29) is 25.3 Å². The SMILES string of the molecule is NC(N)=NCCCC(NC(=O)C(CC(=O)O)NC(=O)C(CO)NC(=O)C1CCCN1)C(=O)O. The van der Waals surface area contributed by atoms with E-state index in [4.69, 9.17) is 16.6 Å². The van der Waals surface area contributed by atoms with E-state index in [0.717, 1.165) is 6.42 Å². The van der Waals surface area contributed by atoms with Gasteiger partial charge in [-0.1, -0.05) is 0 Å². The minimum absolute atomic E-state index is 0.0602. The number of rotatable bonds is 14. The smallest absolute Gasteiger partial charge is 0.326 e. The van der Waals surface area contributed by atoms with Crippen molar-refractivity contribution in [3.05, 3.63) is 0 Å². The highest BCUT2D eigenvalue weighted by Gasteiger charge is 2.32. The van der Waals surface area contributed by atoms with Crippen molar-refractivity contribution in [2.75, 3.05) is 19.7 Å². The number of aliphatic imine (C=N–C) groups is 1. The molecular formula is C18H31N7O8. The van der Waals surface area contributed by atoms with E-state index in [1.165, 1.54) is 0 Å². The van der Waals surface area contributed by atoms with Gasteiger partial charge in [-0.15, -0.1) is 0 Å². The molecule has 3 amide bonds. The average molecular weight is 473 g/mol. The van der Waals surface area contributed by atoms with Gasteiger partial charge in [-0.3, -0.25) is 24.2 Å². The number of amides is 3. The van der Waals surface area contributed by atoms with Gasteiger partial charge in [0.2, 0.25) is 17.7 Å². The molecule has 1 fully saturated rings. The zero-order chi connectivity index (χ0) is 25.0. The van der Waals surface area contributed by atoms with Crippen molar-refractivity contribution in [2.24, 2.45) is 16.5 Å². The Kier molecular flexibility index (Phi) is 11.6. The first kappa shape index (κ1) is 27.6. The molecule has 15 heteroatoms. The Balaban J connectivity index is 2.78. The minimum atomic E-state index is -1.65. The second kappa shape index (κ2) is 13.8. The summed E-state index contributed by atoms with van der Waals surface area (Å²) >= 11 is 0. The van der Waals surface area contributed by atoms with E-state index >= 15 is 0 Å². The molecule has 1 aliphatic heterocycles. The normalized spacial score (nSPS) is 17.8. The van der Waals surface area contributed by atoms with Crippen molar-refractivity contribution in [1.82, 2.24) is 21.3 Å². The van der Waals surface area contributed by atoms with Crippen molar-refractivity contribution >= 4 is 35.6 Å². The Morgan fingerprint density at radius 3 is 2.15 bits per heavy atom. The van der Waals surface area contributed by atoms with Gasteiger partial charge < -0.3 is 48.1 Å². The first-order chi connectivity index (χ1) is 15.5. The van der Waals surface area contributed by atoms with Gasteiger partial charge in [-0.25, -0.2) is 4.79 Å². The van der Waals surface area contributed by atoms with Crippen LogP contribution in [0, 0.1) is 0 Å². The molecule has 0 aliphatic carbocycles. The van der Waals surface area contributed by atoms with Gasteiger partial charge in [-0.05, 0) is 32.2 Å². The fourth-order valence-corrected chi connectivity index (χ4v) is 3.06. The van der Waals surface area contributed by atoms with Crippen molar-refractivity contribution in [3.63, 3.8) is 0 Å². The topological polar surface area (TPSA) is 259 Å². The maximum Gasteiger partial charge on any atom is 0.326 e. The molecular weight excluding hydrogens is 442 g/mol. The van der Waals surface area contributed by atoms with Crippen molar-refractivity contribution in [1.29, 1.82) is 0 Å². The van der Waals surface area contributed by atoms with Crippen LogP contribution in [0.4, 0.5) is 0 Å². The quantitative estimate of drug-likeness (QED) is 0.0663. The van der Waals surface area contributed by atoms with Crippen LogP contribution in [0.2, 0.25) is 0 Å². The monoisotopic (exact) mass is 473 g/mol. The van der Waals surface area contributed by atoms with Crippen LogP contribution in [-0.4, -0.2) is 94.8 Å². The van der Waals surface area contributed by atoms with Gasteiger partial charge in [0.25, 0.3) is 0 Å². The van der Waals surface area contributed by atoms with Gasteiger partial charge in [0.15, 0.2) is 5.96 Å². The third kappa shape index (κ3) is 10.1. The number of carbonyl (C=O) groups excluding carboxylic acids is 3. The van der Waals surface area contributed by atoms with Crippen LogP contribution < -0.4 is 32.7 Å². The molecule has 33 heavy (non-hydrogen) atoms. The van der Waals surface area contributed by atoms with Crippen LogP contribution in [0.5, 0.6) is 0 Å². The standard InChI is InChI=1S/C18H31N7O8/c19-18(20)22-6-2-4-10(17(32)33)23-15(30)11(7-13(27)28)24-16(31)12(8-26)25-14(29)9-3-1-5-21-9/h9-12,21,26H,1-8H2,(H,23,30)(H,24,31)(H,25,29)(H,27,28)(H,32,33)(H4,19,20,22). The maximum absolute atomic E-state index is 12.5. The lowest BCUT2D eigenvalue weighted by molar-refractivity contribution is -0.144. The number of guanidine groups is 1. The highest BCUT2D eigenvalue weighted by Crippen LogP contribution is 2.06. The van der Waals surface area contributed by atoms with E-state index < -0.39 is 66.9 Å². The molecule has 1 saturated heterocycles. The number of hydrogen-bond acceptors (Lipinski definition) is 8. The number of aliphatic carboxylic acids is 2. The molecule has 1 heterocycles. The highest BCUT2D eigenvalue weighted by atomic mass is 16.4. The number of nitrogens with two attached hydrogens (primary N) is 2. The number of nitrogens with one attached hydrogen (secondary N) is 4. The predicted molar refractivity (Wildman–Crippen MR) is 114 cm³/mol. The summed E-state index contributed by atoms with van der Waals surface area (Å²) in [5.41, 5.74) is 10.4. The summed E-state index contributed by atoms with van der Waals surface area (Å²) in [6.07, 6.45) is 0.615. The number of carbonyl (C=O) groups is 5. The molecule has 1 rings (SSSR count). The van der Waals surface area contributed by atoms with Gasteiger partial charge in [0.05, 0.1) is 19.1 Å². The lowest BCUT2D eigenvalue weighted by Gasteiger charge is -2.23. The Morgan fingerprint density at radius 2 is 1.64 bits per heavy atom. The molecule has 186 valence electrons. The number of carboxylic acid groups (broad SMARTS) is 2. The van der Waals surface area contributed by atoms with Crippen LogP contribution in [0.15, 0.2) is 4.99 Å². The molecule has 4 unspecified atom stereocenters. The van der Waals surface area contributed by atoms with Crippen LogP contribution in [-0.2, 0) is 24.0 Å². The largest absolute Gasteiger partial charge is 0.481 e. The van der Waals surface area contributed by atoms with Crippen LogP contribution in [0.3, 0.4) is 0 Å². The van der Waals surface area contributed by atoms with Crippen LogP contribution in [0.1, 0.15) is 32.1 Å². The van der Waals surface area contributed by atoms with Gasteiger partial charge in [0.1, 0.15) is 18.1 Å². The Labute approximate surface area is 189 Å². The molecule has 15 nitrogen and oxygen atoms in total. The molecule has 0 aromatic carbocycles. The molecule has 0 bridgehead atoms. The van der Waals surface area contributed by atoms with Crippen molar-refractivity contribution in [3.8, 4) is 0 Å². The first-order valence-corrected chi connectivity index (χ1v) is 10.3. The average Bonchev–Trinajstić information content (AvgIpc) is 3.27. The number of aliphatic hydroxyl groups is 1. The summed E-state index contributed by atoms with van der Waals surface area (Å²) in [4.78, 5) is 63.5. The van der Waals surface area contributed by atoms with Crippen LogP contribution >= 0.6 is 0 Å². The lowest BCUT2D eigenvalue weighted by Crippen LogP contribution is -2.58. The lowest BCUT2D eigenvalue weighted by atomic mass is 10.1. The van der Waals surface area contributed by atoms with Crippen molar-refractivity contribution < 1.29 is 39.3 Å². The van der Waals surface area contributed by atoms with Gasteiger partial charge >= 0.3 is 11.9 Å². The molecule has 0 aromatic rings. The fourth-order valence-electron chi connectivity index (χ4n) is 3.06. The van der Waals surface area contributed by atoms with E-state index in [1.54, 1.807) is 0 Å². The highest BCUT2D eigenvalue weighted by molar-refractivity contribution is 5.95. The molecule has 0 aromatic heterocycles. The zero-order valence-corrected chi connectivity index (χ0v) is 18.0. The molecule has 4 atom stereocenters. The molecule has 0 radical (unpaired) electrons. The Hall–Kier alpha value is -3.46. The maximum atomic E-state index is 12.5. The van der Waals surface area contributed by atoms with Crippen molar-refractivity contribution in [2.45, 2.75) is 56.3 Å². The summed E-state index contributed by atoms with van der Waals surface area (Å²) in [5.74, 6) is -5.56. The third-order valence-corrected chi connectivity index (χ3v) is 4.76. The summed E-state index contributed by atoms with van der Waals surface area (Å²) < 4.78 is 0. The predicted octanol–water partition coefficient (Wildman–Crippen LogP) is -4.20. The van der Waals surface area contributed by atoms with E-state index in [2.05, 4.69) is 26.3 Å². The zero-order valence-electron chi connectivity index (χ0n) is 18.0. The first-order valence-electron chi connectivity index (χ1n) is 10.3. The minimum Gasteiger partial charge on any atom is -0.481 e. The number of aliphatic hydroxyl groups excluding tert-OH is 1. The summed E-state index contributed by atoms with van der Waals surface area (Å²) in [6.45, 7) is -0.0507. The molecule has 0 saturated carbocycles. The summed E-state index contributed by atoms with van der Waals surface area (Å²) in [5, 5.41) is 37.5. The van der Waals surface area contributed by atoms with Gasteiger partial charge in [0, 0.05) is 6.54 Å². The van der Waals surface area contributed by atoms with Crippen LogP contribution in [0.25, 0.3) is 0 Å². The molecule has 11 N–H and O–H groups in total. The Bertz CT molecular complexity index is 750. The number of nitrogens with zero attached hydrogens (tertiary/aromatic N) is 1. The molecule has 0 spiro atoms. The fraction of sp³-hybridized carbons (Fsp3) is 0.667. The Morgan fingerprint density at radius 1 is 1.00 bits per heavy atom. The molecule has 1 aliphatic rings. The second-order valence-corrected chi connectivity index (χ2v) is 7.40. The number of hydrogen-bond donors (Lipinski definition) is 9. The number of carboxylic acids is 2. The second-order valence-electron chi connectivity index (χ2n) is 7.40. The van der Waals surface area contributed by atoms with E-state index in [9.17, 15) is 34.2 Å². The van der Waals surface area contributed by atoms with E-state index in [1.807, 2.05) is 0 Å². The summed E-state index contributed by atoms with van der Waals surface area (Å²) in [6, 6.07) is -4.99. The third-order valence-electron chi connectivity index (χ3n) is 4.76.